The molecule has 0 aromatic rings. The Morgan fingerprint density at radius 3 is 2.25 bits per heavy atom. The van der Waals surface area contributed by atoms with Crippen LogP contribution in [0.5, 0.6) is 0 Å². The van der Waals surface area contributed by atoms with E-state index in [1.54, 1.807) is 5.57 Å². The van der Waals surface area contributed by atoms with E-state index in [-0.39, 0.29) is 0 Å². The molecule has 0 aromatic carbocycles. The van der Waals surface area contributed by atoms with E-state index < -0.39 is 0 Å². The van der Waals surface area contributed by atoms with Crippen LogP contribution in [-0.2, 0) is 0 Å². The lowest BCUT2D eigenvalue weighted by Crippen LogP contribution is -2.05. The van der Waals surface area contributed by atoms with E-state index in [9.17, 15) is 0 Å². The summed E-state index contributed by atoms with van der Waals surface area (Å²) in [5.74, 6) is 2.62. The van der Waals surface area contributed by atoms with Crippen molar-refractivity contribution in [2.24, 2.45) is 17.8 Å². The van der Waals surface area contributed by atoms with Gasteiger partial charge < -0.3 is 0 Å². The van der Waals surface area contributed by atoms with Gasteiger partial charge in [0, 0.05) is 0 Å². The standard InChI is InChI=1S/C20H38/c1-5-18(3)19(4)16-17(2)12-11-15-20-13-9-7-6-8-10-14-20/h16,18-20H,5-15H2,1-4H3. The van der Waals surface area contributed by atoms with E-state index in [1.807, 2.05) is 0 Å². The summed E-state index contributed by atoms with van der Waals surface area (Å²) < 4.78 is 0. The Hall–Kier alpha value is -0.260. The lowest BCUT2D eigenvalue weighted by Gasteiger charge is -2.20. The number of rotatable bonds is 7. The van der Waals surface area contributed by atoms with Gasteiger partial charge in [-0.3, -0.25) is 0 Å². The van der Waals surface area contributed by atoms with Crippen molar-refractivity contribution >= 4 is 0 Å². The zero-order chi connectivity index (χ0) is 14.8. The first kappa shape index (κ1) is 17.8. The third kappa shape index (κ3) is 7.50. The Labute approximate surface area is 128 Å². The quantitative estimate of drug-likeness (QED) is 0.434. The van der Waals surface area contributed by atoms with E-state index >= 15 is 0 Å². The predicted molar refractivity (Wildman–Crippen MR) is 92.0 cm³/mol. The average molecular weight is 279 g/mol. The highest BCUT2D eigenvalue weighted by Gasteiger charge is 2.11. The van der Waals surface area contributed by atoms with Gasteiger partial charge in [-0.15, -0.1) is 0 Å². The van der Waals surface area contributed by atoms with Gasteiger partial charge in [-0.1, -0.05) is 90.2 Å². The van der Waals surface area contributed by atoms with Crippen molar-refractivity contribution in [3.05, 3.63) is 11.6 Å². The third-order valence-corrected chi connectivity index (χ3v) is 5.50. The molecule has 2 atom stereocenters. The lowest BCUT2D eigenvalue weighted by molar-refractivity contribution is 0.351. The molecule has 1 rings (SSSR count). The van der Waals surface area contributed by atoms with Gasteiger partial charge in [0.15, 0.2) is 0 Å². The molecule has 0 spiro atoms. The summed E-state index contributed by atoms with van der Waals surface area (Å²) >= 11 is 0. The molecule has 0 nitrogen and oxygen atoms in total. The van der Waals surface area contributed by atoms with Crippen LogP contribution in [0.15, 0.2) is 11.6 Å². The Bertz CT molecular complexity index is 255. The van der Waals surface area contributed by atoms with Crippen LogP contribution >= 0.6 is 0 Å². The number of allylic oxidation sites excluding steroid dienone is 2. The first-order chi connectivity index (χ1) is 9.63. The Morgan fingerprint density at radius 1 is 1.05 bits per heavy atom. The molecule has 2 unspecified atom stereocenters. The fourth-order valence-electron chi connectivity index (χ4n) is 3.57. The largest absolute Gasteiger partial charge is 0.0825 e. The molecule has 0 N–H and O–H groups in total. The van der Waals surface area contributed by atoms with Crippen molar-refractivity contribution in [1.82, 2.24) is 0 Å². The molecule has 0 amide bonds. The zero-order valence-corrected chi connectivity index (χ0v) is 14.6. The smallest absolute Gasteiger partial charge is 0.0234 e. The summed E-state index contributed by atoms with van der Waals surface area (Å²) in [6.07, 6.45) is 18.5. The monoisotopic (exact) mass is 278 g/mol. The van der Waals surface area contributed by atoms with Crippen molar-refractivity contribution in [1.29, 1.82) is 0 Å². The average Bonchev–Trinajstić information content (AvgIpc) is 2.39. The molecule has 1 aliphatic carbocycles. The molecule has 1 fully saturated rings. The van der Waals surface area contributed by atoms with Crippen LogP contribution in [0.1, 0.15) is 98.3 Å². The molecule has 118 valence electrons. The fourth-order valence-corrected chi connectivity index (χ4v) is 3.57. The molecule has 1 saturated carbocycles. The molecular weight excluding hydrogens is 240 g/mol. The minimum absolute atomic E-state index is 0.751. The molecule has 1 aliphatic rings. The van der Waals surface area contributed by atoms with Gasteiger partial charge in [-0.2, -0.15) is 0 Å². The van der Waals surface area contributed by atoms with Crippen LogP contribution < -0.4 is 0 Å². The van der Waals surface area contributed by atoms with Crippen LogP contribution in [-0.4, -0.2) is 0 Å². The maximum absolute atomic E-state index is 2.53. The minimum atomic E-state index is 0.751. The zero-order valence-electron chi connectivity index (χ0n) is 14.6. The second-order valence-corrected chi connectivity index (χ2v) is 7.36. The number of hydrogen-bond acceptors (Lipinski definition) is 0. The van der Waals surface area contributed by atoms with Crippen molar-refractivity contribution in [3.8, 4) is 0 Å². The van der Waals surface area contributed by atoms with Gasteiger partial charge in [0.2, 0.25) is 0 Å². The third-order valence-electron chi connectivity index (χ3n) is 5.50. The highest BCUT2D eigenvalue weighted by Crippen LogP contribution is 2.27. The first-order valence-corrected chi connectivity index (χ1v) is 9.30. The highest BCUT2D eigenvalue weighted by molar-refractivity contribution is 5.01. The molecule has 0 radical (unpaired) electrons. The summed E-state index contributed by atoms with van der Waals surface area (Å²) in [6, 6.07) is 0. The molecular formula is C20H38. The van der Waals surface area contributed by atoms with Gasteiger partial charge in [0.25, 0.3) is 0 Å². The molecule has 0 aliphatic heterocycles. The van der Waals surface area contributed by atoms with Crippen molar-refractivity contribution in [2.45, 2.75) is 98.3 Å². The van der Waals surface area contributed by atoms with E-state index in [2.05, 4.69) is 33.8 Å². The Kier molecular flexibility index (Phi) is 9.31. The van der Waals surface area contributed by atoms with Crippen LogP contribution in [0.25, 0.3) is 0 Å². The Morgan fingerprint density at radius 2 is 1.65 bits per heavy atom. The highest BCUT2D eigenvalue weighted by atomic mass is 14.2. The van der Waals surface area contributed by atoms with E-state index in [0.29, 0.717) is 0 Å². The van der Waals surface area contributed by atoms with Gasteiger partial charge in [0.1, 0.15) is 0 Å². The summed E-state index contributed by atoms with van der Waals surface area (Å²) in [5, 5.41) is 0. The van der Waals surface area contributed by atoms with Crippen molar-refractivity contribution in [2.75, 3.05) is 0 Å². The molecule has 0 bridgehead atoms. The van der Waals surface area contributed by atoms with Gasteiger partial charge in [-0.05, 0) is 37.5 Å². The molecule has 0 saturated heterocycles. The maximum Gasteiger partial charge on any atom is -0.0234 e. The van der Waals surface area contributed by atoms with Crippen molar-refractivity contribution in [3.63, 3.8) is 0 Å². The van der Waals surface area contributed by atoms with Crippen LogP contribution in [0.2, 0.25) is 0 Å². The second kappa shape index (κ2) is 10.5. The molecule has 0 aromatic heterocycles. The van der Waals surface area contributed by atoms with Gasteiger partial charge in [0.05, 0.1) is 0 Å². The molecule has 20 heavy (non-hydrogen) atoms. The minimum Gasteiger partial charge on any atom is -0.0825 e. The van der Waals surface area contributed by atoms with Crippen LogP contribution in [0, 0.1) is 17.8 Å². The lowest BCUT2D eigenvalue weighted by atomic mass is 9.86. The van der Waals surface area contributed by atoms with E-state index in [0.717, 1.165) is 17.8 Å². The summed E-state index contributed by atoms with van der Waals surface area (Å²) in [6.45, 7) is 9.41. The van der Waals surface area contributed by atoms with Gasteiger partial charge >= 0.3 is 0 Å². The maximum atomic E-state index is 2.53. The van der Waals surface area contributed by atoms with Gasteiger partial charge in [-0.25, -0.2) is 0 Å². The van der Waals surface area contributed by atoms with E-state index in [1.165, 1.54) is 70.6 Å². The molecule has 0 heteroatoms. The van der Waals surface area contributed by atoms with Crippen LogP contribution in [0.4, 0.5) is 0 Å². The molecule has 0 heterocycles. The van der Waals surface area contributed by atoms with Crippen LogP contribution in [0.3, 0.4) is 0 Å². The van der Waals surface area contributed by atoms with E-state index in [4.69, 9.17) is 0 Å². The fraction of sp³-hybridized carbons (Fsp3) is 0.900. The Balaban J connectivity index is 2.22. The first-order valence-electron chi connectivity index (χ1n) is 9.30. The SMILES string of the molecule is CCC(C)C(C)C=C(C)CCCC1CCCCCCC1. The predicted octanol–water partition coefficient (Wildman–Crippen LogP) is 7.15. The van der Waals surface area contributed by atoms with Crippen molar-refractivity contribution < 1.29 is 0 Å². The normalized spacial score (nSPS) is 22.1. The number of hydrogen-bond donors (Lipinski definition) is 0. The summed E-state index contributed by atoms with van der Waals surface area (Å²) in [5.41, 5.74) is 1.63. The topological polar surface area (TPSA) is 0 Å². The second-order valence-electron chi connectivity index (χ2n) is 7.36. The summed E-state index contributed by atoms with van der Waals surface area (Å²) in [4.78, 5) is 0. The summed E-state index contributed by atoms with van der Waals surface area (Å²) in [7, 11) is 0.